The van der Waals surface area contributed by atoms with E-state index in [0.717, 1.165) is 6.07 Å². The molecule has 3 nitrogen and oxygen atoms in total. The Morgan fingerprint density at radius 2 is 2.06 bits per heavy atom. The Bertz CT molecular complexity index is 413. The normalized spacial score (nSPS) is 10.1. The zero-order chi connectivity index (χ0) is 12.8. The number of halogens is 3. The van der Waals surface area contributed by atoms with Crippen molar-refractivity contribution < 1.29 is 13.6 Å². The van der Waals surface area contributed by atoms with E-state index in [1.54, 1.807) is 0 Å². The monoisotopic (exact) mass is 306 g/mol. The Labute approximate surface area is 107 Å². The van der Waals surface area contributed by atoms with Crippen molar-refractivity contribution in [2.75, 3.05) is 18.4 Å². The number of anilines is 1. The number of amides is 1. The third-order valence-corrected chi connectivity index (χ3v) is 2.66. The summed E-state index contributed by atoms with van der Waals surface area (Å²) in [5, 5.41) is 5.36. The average Bonchev–Trinajstić information content (AvgIpc) is 2.26. The molecular weight excluding hydrogens is 294 g/mol. The lowest BCUT2D eigenvalue weighted by molar-refractivity contribution is -0.120. The third kappa shape index (κ3) is 4.30. The Morgan fingerprint density at radius 3 is 2.71 bits per heavy atom. The molecule has 0 aliphatic rings. The smallest absolute Gasteiger partial charge is 0.221 e. The van der Waals surface area contributed by atoms with Crippen LogP contribution in [0.5, 0.6) is 0 Å². The SMILES string of the molecule is CCNC(=O)CCNc1cc(Br)c(F)cc1F. The van der Waals surface area contributed by atoms with Gasteiger partial charge in [0.2, 0.25) is 5.91 Å². The zero-order valence-corrected chi connectivity index (χ0v) is 10.9. The first-order valence-corrected chi connectivity index (χ1v) is 5.99. The van der Waals surface area contributed by atoms with E-state index in [-0.39, 0.29) is 22.5 Å². The molecule has 2 N–H and O–H groups in total. The quantitative estimate of drug-likeness (QED) is 0.821. The number of carbonyl (C=O) groups is 1. The molecule has 0 bridgehead atoms. The maximum atomic E-state index is 13.3. The minimum atomic E-state index is -0.679. The minimum absolute atomic E-state index is 0.110. The predicted octanol–water partition coefficient (Wildman–Crippen LogP) is 2.67. The second-order valence-corrected chi connectivity index (χ2v) is 4.23. The summed E-state index contributed by atoms with van der Waals surface area (Å²) in [6.07, 6.45) is 0.238. The molecule has 0 fully saturated rings. The lowest BCUT2D eigenvalue weighted by Gasteiger charge is -2.08. The summed E-state index contributed by atoms with van der Waals surface area (Å²) in [7, 11) is 0. The topological polar surface area (TPSA) is 41.1 Å². The highest BCUT2D eigenvalue weighted by atomic mass is 79.9. The first-order chi connectivity index (χ1) is 8.04. The number of nitrogens with one attached hydrogen (secondary N) is 2. The molecule has 0 saturated heterocycles. The van der Waals surface area contributed by atoms with E-state index >= 15 is 0 Å². The van der Waals surface area contributed by atoms with Gasteiger partial charge in [0, 0.05) is 25.6 Å². The van der Waals surface area contributed by atoms with Crippen LogP contribution in [0.1, 0.15) is 13.3 Å². The van der Waals surface area contributed by atoms with Crippen molar-refractivity contribution >= 4 is 27.5 Å². The molecule has 1 aromatic carbocycles. The van der Waals surface area contributed by atoms with Gasteiger partial charge in [-0.3, -0.25) is 4.79 Å². The van der Waals surface area contributed by atoms with E-state index < -0.39 is 11.6 Å². The zero-order valence-electron chi connectivity index (χ0n) is 9.32. The van der Waals surface area contributed by atoms with Gasteiger partial charge in [0.1, 0.15) is 11.6 Å². The summed E-state index contributed by atoms with van der Waals surface area (Å²) in [5.74, 6) is -1.44. The summed E-state index contributed by atoms with van der Waals surface area (Å²) >= 11 is 2.96. The molecule has 0 aliphatic carbocycles. The lowest BCUT2D eigenvalue weighted by Crippen LogP contribution is -2.24. The fraction of sp³-hybridized carbons (Fsp3) is 0.364. The number of benzene rings is 1. The summed E-state index contributed by atoms with van der Waals surface area (Å²) in [5.41, 5.74) is 0.169. The van der Waals surface area contributed by atoms with Gasteiger partial charge < -0.3 is 10.6 Å². The average molecular weight is 307 g/mol. The van der Waals surface area contributed by atoms with Crippen LogP contribution in [0.25, 0.3) is 0 Å². The fourth-order valence-corrected chi connectivity index (χ4v) is 1.60. The molecule has 6 heteroatoms. The Balaban J connectivity index is 2.52. The van der Waals surface area contributed by atoms with Crippen molar-refractivity contribution in [3.05, 3.63) is 28.2 Å². The van der Waals surface area contributed by atoms with Crippen molar-refractivity contribution in [2.24, 2.45) is 0 Å². The predicted molar refractivity (Wildman–Crippen MR) is 65.8 cm³/mol. The molecule has 0 unspecified atom stereocenters. The van der Waals surface area contributed by atoms with Crippen molar-refractivity contribution in [2.45, 2.75) is 13.3 Å². The fourth-order valence-electron chi connectivity index (χ4n) is 1.25. The number of hydrogen-bond acceptors (Lipinski definition) is 2. The molecule has 17 heavy (non-hydrogen) atoms. The van der Waals surface area contributed by atoms with E-state index in [1.807, 2.05) is 6.92 Å². The first kappa shape index (κ1) is 13.9. The van der Waals surface area contributed by atoms with Gasteiger partial charge >= 0.3 is 0 Å². The van der Waals surface area contributed by atoms with Crippen LogP contribution in [0, 0.1) is 11.6 Å². The molecular formula is C11H13BrF2N2O. The van der Waals surface area contributed by atoms with E-state index in [2.05, 4.69) is 26.6 Å². The van der Waals surface area contributed by atoms with E-state index in [9.17, 15) is 13.6 Å². The van der Waals surface area contributed by atoms with Crippen LogP contribution in [-0.2, 0) is 4.79 Å². The van der Waals surface area contributed by atoms with Gasteiger partial charge in [-0.25, -0.2) is 8.78 Å². The van der Waals surface area contributed by atoms with Crippen molar-refractivity contribution in [3.63, 3.8) is 0 Å². The van der Waals surface area contributed by atoms with Crippen LogP contribution >= 0.6 is 15.9 Å². The van der Waals surface area contributed by atoms with Crippen LogP contribution in [0.2, 0.25) is 0 Å². The first-order valence-electron chi connectivity index (χ1n) is 5.19. The van der Waals surface area contributed by atoms with Crippen LogP contribution in [0.15, 0.2) is 16.6 Å². The van der Waals surface area contributed by atoms with Crippen molar-refractivity contribution in [3.8, 4) is 0 Å². The van der Waals surface area contributed by atoms with Crippen molar-refractivity contribution in [1.29, 1.82) is 0 Å². The third-order valence-electron chi connectivity index (χ3n) is 2.05. The Kier molecular flexibility index (Phi) is 5.34. The highest BCUT2D eigenvalue weighted by molar-refractivity contribution is 9.10. The standard InChI is InChI=1S/C11H13BrF2N2O/c1-2-15-11(17)3-4-16-10-5-7(12)8(13)6-9(10)14/h5-6,16H,2-4H2,1H3,(H,15,17). The molecule has 0 aromatic heterocycles. The second kappa shape index (κ2) is 6.54. The number of hydrogen-bond donors (Lipinski definition) is 2. The molecule has 0 aliphatic heterocycles. The van der Waals surface area contributed by atoms with Gasteiger partial charge in [-0.05, 0) is 28.9 Å². The maximum absolute atomic E-state index is 13.3. The molecule has 0 heterocycles. The molecule has 1 aromatic rings. The number of carbonyl (C=O) groups excluding carboxylic acids is 1. The van der Waals surface area contributed by atoms with E-state index in [0.29, 0.717) is 13.1 Å². The minimum Gasteiger partial charge on any atom is -0.382 e. The van der Waals surface area contributed by atoms with Gasteiger partial charge in [0.25, 0.3) is 0 Å². The molecule has 0 spiro atoms. The van der Waals surface area contributed by atoms with E-state index in [4.69, 9.17) is 0 Å². The Morgan fingerprint density at radius 1 is 1.35 bits per heavy atom. The van der Waals surface area contributed by atoms with Gasteiger partial charge in [-0.15, -0.1) is 0 Å². The molecule has 94 valence electrons. The second-order valence-electron chi connectivity index (χ2n) is 3.38. The van der Waals surface area contributed by atoms with Gasteiger partial charge in [-0.1, -0.05) is 0 Å². The Hall–Kier alpha value is -1.17. The molecule has 1 rings (SSSR count). The lowest BCUT2D eigenvalue weighted by atomic mass is 10.3. The maximum Gasteiger partial charge on any atom is 0.221 e. The van der Waals surface area contributed by atoms with Gasteiger partial charge in [0.05, 0.1) is 10.2 Å². The van der Waals surface area contributed by atoms with Gasteiger partial charge in [0.15, 0.2) is 0 Å². The summed E-state index contributed by atoms with van der Waals surface area (Å²) in [6, 6.07) is 2.10. The summed E-state index contributed by atoms with van der Waals surface area (Å²) < 4.78 is 26.4. The highest BCUT2D eigenvalue weighted by Gasteiger charge is 2.08. The molecule has 0 radical (unpaired) electrons. The number of rotatable bonds is 5. The molecule has 0 saturated carbocycles. The van der Waals surface area contributed by atoms with Crippen LogP contribution in [0.3, 0.4) is 0 Å². The molecule has 0 atom stereocenters. The van der Waals surface area contributed by atoms with Crippen LogP contribution < -0.4 is 10.6 Å². The summed E-state index contributed by atoms with van der Waals surface area (Å²) in [6.45, 7) is 2.68. The molecule has 1 amide bonds. The van der Waals surface area contributed by atoms with E-state index in [1.165, 1.54) is 6.07 Å². The van der Waals surface area contributed by atoms with Crippen LogP contribution in [0.4, 0.5) is 14.5 Å². The summed E-state index contributed by atoms with van der Waals surface area (Å²) in [4.78, 5) is 11.1. The van der Waals surface area contributed by atoms with Crippen molar-refractivity contribution in [1.82, 2.24) is 5.32 Å². The van der Waals surface area contributed by atoms with Crippen LogP contribution in [-0.4, -0.2) is 19.0 Å². The largest absolute Gasteiger partial charge is 0.382 e. The highest BCUT2D eigenvalue weighted by Crippen LogP contribution is 2.23. The van der Waals surface area contributed by atoms with Gasteiger partial charge in [-0.2, -0.15) is 0 Å².